The van der Waals surface area contributed by atoms with E-state index in [0.29, 0.717) is 0 Å². The molecule has 0 saturated carbocycles. The van der Waals surface area contributed by atoms with Gasteiger partial charge in [0, 0.05) is 39.4 Å². The van der Waals surface area contributed by atoms with Gasteiger partial charge in [0.15, 0.2) is 0 Å². The summed E-state index contributed by atoms with van der Waals surface area (Å²) in [6, 6.07) is 116. The Morgan fingerprint density at radius 2 is 0.681 bits per heavy atom. The molecule has 0 radical (unpaired) electrons. The molecule has 0 amide bonds. The van der Waals surface area contributed by atoms with Gasteiger partial charge in [-0.2, -0.15) is 0 Å². The van der Waals surface area contributed by atoms with Crippen molar-refractivity contribution in [3.05, 3.63) is 342 Å². The summed E-state index contributed by atoms with van der Waals surface area (Å²) in [5, 5.41) is 0. The van der Waals surface area contributed by atoms with E-state index in [1.165, 1.54) is 117 Å². The molecular weight excluding hydrogens is 1130 g/mol. The predicted molar refractivity (Wildman–Crippen MR) is 401 cm³/mol. The second-order valence-corrected chi connectivity index (χ2v) is 29.2. The van der Waals surface area contributed by atoms with Crippen molar-refractivity contribution >= 4 is 57.2 Å². The number of anilines is 6. The maximum atomic E-state index is 2.74. The first-order chi connectivity index (χ1) is 45.6. The van der Waals surface area contributed by atoms with Gasteiger partial charge in [0.25, 0.3) is 6.71 Å². The molecule has 16 rings (SSSR count). The minimum atomic E-state index is -0.629. The third-order valence-corrected chi connectivity index (χ3v) is 20.4. The summed E-state index contributed by atoms with van der Waals surface area (Å²) >= 11 is 0. The van der Waals surface area contributed by atoms with Crippen LogP contribution in [0.2, 0.25) is 0 Å². The summed E-state index contributed by atoms with van der Waals surface area (Å²) in [5.41, 5.74) is 33.0. The molecule has 0 N–H and O–H groups in total. The Morgan fingerprint density at radius 1 is 0.266 bits per heavy atom. The van der Waals surface area contributed by atoms with Crippen LogP contribution in [0.1, 0.15) is 101 Å². The van der Waals surface area contributed by atoms with Crippen LogP contribution in [0.3, 0.4) is 0 Å². The highest BCUT2D eigenvalue weighted by molar-refractivity contribution is 7.00. The lowest BCUT2D eigenvalue weighted by Gasteiger charge is -2.46. The molecule has 0 spiro atoms. The Hall–Kier alpha value is -10.5. The van der Waals surface area contributed by atoms with Crippen LogP contribution in [-0.4, -0.2) is 6.71 Å². The van der Waals surface area contributed by atoms with Gasteiger partial charge in [0.05, 0.1) is 16.8 Å². The van der Waals surface area contributed by atoms with Gasteiger partial charge in [-0.1, -0.05) is 323 Å². The second kappa shape index (κ2) is 22.4. The van der Waals surface area contributed by atoms with E-state index in [2.05, 4.69) is 375 Å². The lowest BCUT2D eigenvalue weighted by Crippen LogP contribution is -2.61. The van der Waals surface area contributed by atoms with Crippen molar-refractivity contribution in [1.82, 2.24) is 0 Å². The maximum Gasteiger partial charge on any atom is 0.252 e. The average Bonchev–Trinajstić information content (AvgIpc) is 1.08. The van der Waals surface area contributed by atoms with E-state index < -0.39 is 5.41 Å². The normalized spacial score (nSPS) is 13.6. The summed E-state index contributed by atoms with van der Waals surface area (Å²) < 4.78 is 0. The zero-order chi connectivity index (χ0) is 64.3. The Balaban J connectivity index is 1.08. The first-order valence-electron chi connectivity index (χ1n) is 33.5. The SMILES string of the molecule is CC(C)(C)c1cc(-c2cc3c4c(c2)N(c2c(-c5ccccc5)cc(C(C)(C)C)cc2-c2ccccc2)c2cc(-c5cccc6c5C(c5ccccc5)(c5ccccc5)c5ccccc5-6)ccc2B4c2ccccc2N3c2ccccc2-c2ccccc2)cc(C(C)(C)C)c1. The van der Waals surface area contributed by atoms with E-state index in [-0.39, 0.29) is 23.0 Å². The number of rotatable bonds is 9. The smallest absolute Gasteiger partial charge is 0.252 e. The molecule has 0 unspecified atom stereocenters. The number of hydrogen-bond donors (Lipinski definition) is 0. The lowest BCUT2D eigenvalue weighted by molar-refractivity contribution is 0.569. The van der Waals surface area contributed by atoms with Gasteiger partial charge in [-0.05, 0) is 164 Å². The Labute approximate surface area is 556 Å². The van der Waals surface area contributed by atoms with Gasteiger partial charge in [0.2, 0.25) is 0 Å². The van der Waals surface area contributed by atoms with Gasteiger partial charge in [-0.3, -0.25) is 0 Å². The summed E-state index contributed by atoms with van der Waals surface area (Å²) in [6.07, 6.45) is 0. The van der Waals surface area contributed by atoms with E-state index >= 15 is 0 Å². The fourth-order valence-electron chi connectivity index (χ4n) is 15.7. The Bertz CT molecular complexity index is 4930. The van der Waals surface area contributed by atoms with E-state index in [9.17, 15) is 0 Å². The fourth-order valence-corrected chi connectivity index (χ4v) is 15.7. The molecule has 0 bridgehead atoms. The van der Waals surface area contributed by atoms with Crippen molar-refractivity contribution in [1.29, 1.82) is 0 Å². The molecular formula is C91H77BN2. The standard InChI is InChI=1S/C91H77BN2/c1-88(2,3)68-52-64(53-69(57-68)89(4,5)6)65-55-83-86-84(56-65)94(87-75(61-34-17-11-18-35-61)58-70(90(7,8)9)59-76(87)62-36-19-12-20-37-62)82-54-63(50-51-79(82)92(86)78-47-28-30-49-81(78)93(83)80-48-29-26-42-71(80)60-32-15-10-16-33-60)72-44-31-45-74-73-43-25-27-46-77(73)91(85(72)74,66-38-21-13-22-39-66)67-40-23-14-24-41-67/h10-59H,1-9H3. The predicted octanol–water partition coefficient (Wildman–Crippen LogP) is 22.4. The number of para-hydroxylation sites is 2. The third kappa shape index (κ3) is 9.53. The van der Waals surface area contributed by atoms with Crippen molar-refractivity contribution in [3.63, 3.8) is 0 Å². The molecule has 3 heteroatoms. The van der Waals surface area contributed by atoms with Crippen LogP contribution in [-0.2, 0) is 21.7 Å². The van der Waals surface area contributed by atoms with Crippen LogP contribution in [0.4, 0.5) is 34.1 Å². The zero-order valence-corrected chi connectivity index (χ0v) is 55.3. The quantitative estimate of drug-likeness (QED) is 0.133. The third-order valence-electron chi connectivity index (χ3n) is 20.4. The van der Waals surface area contributed by atoms with Gasteiger partial charge in [0.1, 0.15) is 0 Å². The monoisotopic (exact) mass is 1210 g/mol. The van der Waals surface area contributed by atoms with E-state index in [4.69, 9.17) is 0 Å². The Morgan fingerprint density at radius 3 is 1.24 bits per heavy atom. The highest BCUT2D eigenvalue weighted by Crippen LogP contribution is 2.60. The largest absolute Gasteiger partial charge is 0.311 e. The molecule has 0 saturated heterocycles. The van der Waals surface area contributed by atoms with Crippen LogP contribution in [0.5, 0.6) is 0 Å². The van der Waals surface area contributed by atoms with Crippen LogP contribution < -0.4 is 26.2 Å². The number of hydrogen-bond acceptors (Lipinski definition) is 2. The molecule has 1 aliphatic carbocycles. The van der Waals surface area contributed by atoms with Crippen molar-refractivity contribution < 1.29 is 0 Å². The van der Waals surface area contributed by atoms with Crippen LogP contribution in [0.25, 0.3) is 66.8 Å². The summed E-state index contributed by atoms with van der Waals surface area (Å²) in [7, 11) is 0. The maximum absolute atomic E-state index is 2.74. The summed E-state index contributed by atoms with van der Waals surface area (Å²) in [5.74, 6) is 0. The molecule has 0 aromatic heterocycles. The molecule has 2 nitrogen and oxygen atoms in total. The number of nitrogens with zero attached hydrogens (tertiary/aromatic N) is 2. The molecule has 13 aromatic rings. The molecule has 3 aliphatic rings. The number of benzene rings is 13. The first-order valence-corrected chi connectivity index (χ1v) is 33.5. The van der Waals surface area contributed by atoms with Crippen molar-refractivity contribution in [3.8, 4) is 66.8 Å². The fraction of sp³-hybridized carbons (Fsp3) is 0.143. The van der Waals surface area contributed by atoms with E-state index in [1.54, 1.807) is 0 Å². The molecule has 454 valence electrons. The highest BCUT2D eigenvalue weighted by atomic mass is 15.2. The molecule has 13 aromatic carbocycles. The lowest BCUT2D eigenvalue weighted by atomic mass is 9.33. The minimum Gasteiger partial charge on any atom is -0.311 e. The average molecular weight is 1210 g/mol. The van der Waals surface area contributed by atoms with Gasteiger partial charge >= 0.3 is 0 Å². The molecule has 2 aliphatic heterocycles. The van der Waals surface area contributed by atoms with Crippen LogP contribution in [0.15, 0.2) is 303 Å². The minimum absolute atomic E-state index is 0.119. The molecule has 2 heterocycles. The molecule has 94 heavy (non-hydrogen) atoms. The van der Waals surface area contributed by atoms with Crippen molar-refractivity contribution in [2.24, 2.45) is 0 Å². The second-order valence-electron chi connectivity index (χ2n) is 29.2. The van der Waals surface area contributed by atoms with Crippen LogP contribution >= 0.6 is 0 Å². The van der Waals surface area contributed by atoms with Crippen molar-refractivity contribution in [2.45, 2.75) is 84.0 Å². The van der Waals surface area contributed by atoms with Gasteiger partial charge in [-0.25, -0.2) is 0 Å². The molecule has 0 atom stereocenters. The summed E-state index contributed by atoms with van der Waals surface area (Å²) in [4.78, 5) is 5.35. The van der Waals surface area contributed by atoms with E-state index in [0.717, 1.165) is 39.4 Å². The zero-order valence-electron chi connectivity index (χ0n) is 55.3. The van der Waals surface area contributed by atoms with Gasteiger partial charge < -0.3 is 9.80 Å². The number of fused-ring (bicyclic) bond motifs is 7. The van der Waals surface area contributed by atoms with Crippen LogP contribution in [0, 0.1) is 0 Å². The topological polar surface area (TPSA) is 6.48 Å². The van der Waals surface area contributed by atoms with Crippen molar-refractivity contribution in [2.75, 3.05) is 9.80 Å². The first kappa shape index (κ1) is 58.6. The van der Waals surface area contributed by atoms with E-state index in [1.807, 2.05) is 0 Å². The Kier molecular flexibility index (Phi) is 14.0. The van der Waals surface area contributed by atoms with Gasteiger partial charge in [-0.15, -0.1) is 0 Å². The highest BCUT2D eigenvalue weighted by Gasteiger charge is 2.49. The molecule has 0 fully saturated rings. The summed E-state index contributed by atoms with van der Waals surface area (Å²) in [6.45, 7) is 21.1.